The fraction of sp³-hybridized carbons (Fsp3) is 0.444. The normalized spacial score (nSPS) is 12.7. The van der Waals surface area contributed by atoms with Gasteiger partial charge in [-0.3, -0.25) is 9.67 Å². The highest BCUT2D eigenvalue weighted by Crippen LogP contribution is 2.29. The molecule has 0 spiro atoms. The number of thioether (sulfide) groups is 1. The second-order valence-corrected chi connectivity index (χ2v) is 6.88. The van der Waals surface area contributed by atoms with Gasteiger partial charge in [-0.1, -0.05) is 19.1 Å². The first kappa shape index (κ1) is 19.2. The van der Waals surface area contributed by atoms with Crippen molar-refractivity contribution in [1.82, 2.24) is 20.4 Å². The zero-order valence-electron chi connectivity index (χ0n) is 15.3. The summed E-state index contributed by atoms with van der Waals surface area (Å²) in [7, 11) is 5.43. The summed E-state index contributed by atoms with van der Waals surface area (Å²) in [5.74, 6) is 3.23. The Labute approximate surface area is 154 Å². The average Bonchev–Trinajstić information content (AvgIpc) is 3.05. The Hall–Kier alpha value is -2.15. The predicted molar refractivity (Wildman–Crippen MR) is 104 cm³/mol. The van der Waals surface area contributed by atoms with E-state index < -0.39 is 0 Å². The van der Waals surface area contributed by atoms with Gasteiger partial charge in [-0.2, -0.15) is 5.10 Å². The highest BCUT2D eigenvalue weighted by atomic mass is 32.2. The molecule has 0 amide bonds. The second kappa shape index (κ2) is 9.98. The molecule has 1 atom stereocenters. The van der Waals surface area contributed by atoms with Crippen molar-refractivity contribution < 1.29 is 4.74 Å². The van der Waals surface area contributed by atoms with E-state index in [2.05, 4.69) is 33.7 Å². The lowest BCUT2D eigenvalue weighted by Crippen LogP contribution is -2.39. The Morgan fingerprint density at radius 1 is 1.32 bits per heavy atom. The van der Waals surface area contributed by atoms with Gasteiger partial charge in [0.1, 0.15) is 5.75 Å². The van der Waals surface area contributed by atoms with Crippen LogP contribution in [0.3, 0.4) is 0 Å². The molecule has 1 heterocycles. The van der Waals surface area contributed by atoms with Gasteiger partial charge in [0.2, 0.25) is 0 Å². The standard InChI is InChI=1S/C18H27N5OS/c1-14(13-25-17-8-6-5-7-16(17)24-4)11-20-18(19-2)21-12-15-9-10-22-23(15)3/h5-10,14H,11-13H2,1-4H3,(H2,19,20,21). The zero-order chi connectivity index (χ0) is 18.1. The average molecular weight is 362 g/mol. The molecule has 0 aliphatic rings. The summed E-state index contributed by atoms with van der Waals surface area (Å²) in [5.41, 5.74) is 1.11. The van der Waals surface area contributed by atoms with Gasteiger partial charge in [-0.15, -0.1) is 11.8 Å². The number of guanidine groups is 1. The van der Waals surface area contributed by atoms with E-state index in [-0.39, 0.29) is 0 Å². The van der Waals surface area contributed by atoms with Crippen LogP contribution in [0.25, 0.3) is 0 Å². The molecular weight excluding hydrogens is 334 g/mol. The van der Waals surface area contributed by atoms with E-state index in [1.54, 1.807) is 20.4 Å². The van der Waals surface area contributed by atoms with Gasteiger partial charge in [-0.25, -0.2) is 0 Å². The van der Waals surface area contributed by atoms with Crippen molar-refractivity contribution in [2.75, 3.05) is 26.5 Å². The fourth-order valence-corrected chi connectivity index (χ4v) is 3.32. The lowest BCUT2D eigenvalue weighted by atomic mass is 10.2. The molecule has 0 radical (unpaired) electrons. The van der Waals surface area contributed by atoms with E-state index in [1.807, 2.05) is 47.8 Å². The Kier molecular flexibility index (Phi) is 7.66. The number of hydrogen-bond donors (Lipinski definition) is 2. The Bertz CT molecular complexity index is 686. The maximum atomic E-state index is 5.40. The van der Waals surface area contributed by atoms with E-state index in [9.17, 15) is 0 Å². The molecule has 1 aromatic carbocycles. The number of aromatic nitrogens is 2. The molecule has 0 saturated carbocycles. The summed E-state index contributed by atoms with van der Waals surface area (Å²) in [6, 6.07) is 10.1. The number of methoxy groups -OCH3 is 1. The van der Waals surface area contributed by atoms with Crippen LogP contribution < -0.4 is 15.4 Å². The number of nitrogens with one attached hydrogen (secondary N) is 2. The summed E-state index contributed by atoms with van der Waals surface area (Å²) in [5, 5.41) is 10.9. The van der Waals surface area contributed by atoms with Crippen molar-refractivity contribution in [2.24, 2.45) is 18.0 Å². The predicted octanol–water partition coefficient (Wildman–Crippen LogP) is 2.52. The van der Waals surface area contributed by atoms with Crippen LogP contribution in [0.2, 0.25) is 0 Å². The van der Waals surface area contributed by atoms with E-state index in [4.69, 9.17) is 4.74 Å². The molecule has 7 heteroatoms. The smallest absolute Gasteiger partial charge is 0.191 e. The summed E-state index contributed by atoms with van der Waals surface area (Å²) in [6.45, 7) is 3.78. The summed E-state index contributed by atoms with van der Waals surface area (Å²) in [4.78, 5) is 5.45. The maximum Gasteiger partial charge on any atom is 0.191 e. The molecular formula is C18H27N5OS. The maximum absolute atomic E-state index is 5.40. The Morgan fingerprint density at radius 2 is 2.12 bits per heavy atom. The number of benzene rings is 1. The monoisotopic (exact) mass is 361 g/mol. The molecule has 6 nitrogen and oxygen atoms in total. The molecule has 0 aliphatic heterocycles. The number of hydrogen-bond acceptors (Lipinski definition) is 4. The Balaban J connectivity index is 1.74. The van der Waals surface area contributed by atoms with Crippen molar-refractivity contribution in [3.8, 4) is 5.75 Å². The minimum atomic E-state index is 0.491. The van der Waals surface area contributed by atoms with Gasteiger partial charge >= 0.3 is 0 Å². The van der Waals surface area contributed by atoms with Gasteiger partial charge in [0, 0.05) is 37.5 Å². The van der Waals surface area contributed by atoms with Crippen molar-refractivity contribution in [3.63, 3.8) is 0 Å². The molecule has 0 fully saturated rings. The van der Waals surface area contributed by atoms with Gasteiger partial charge in [0.05, 0.1) is 19.3 Å². The first-order valence-electron chi connectivity index (χ1n) is 8.31. The Morgan fingerprint density at radius 3 is 2.80 bits per heavy atom. The third kappa shape index (κ3) is 6.01. The summed E-state index contributed by atoms with van der Waals surface area (Å²) in [6.07, 6.45) is 1.80. The lowest BCUT2D eigenvalue weighted by Gasteiger charge is -2.16. The van der Waals surface area contributed by atoms with Crippen LogP contribution in [0.4, 0.5) is 0 Å². The number of aliphatic imine (C=N–C) groups is 1. The fourth-order valence-electron chi connectivity index (χ4n) is 2.27. The molecule has 1 unspecified atom stereocenters. The van der Waals surface area contributed by atoms with Crippen LogP contribution in [0.5, 0.6) is 5.75 Å². The second-order valence-electron chi connectivity index (χ2n) is 5.82. The van der Waals surface area contributed by atoms with E-state index in [1.165, 1.54) is 4.90 Å². The minimum Gasteiger partial charge on any atom is -0.496 e. The molecule has 25 heavy (non-hydrogen) atoms. The van der Waals surface area contributed by atoms with Crippen LogP contribution in [0, 0.1) is 5.92 Å². The molecule has 0 saturated heterocycles. The summed E-state index contributed by atoms with van der Waals surface area (Å²) >= 11 is 1.82. The quantitative estimate of drug-likeness (QED) is 0.430. The molecule has 0 aliphatic carbocycles. The molecule has 0 bridgehead atoms. The van der Waals surface area contributed by atoms with Crippen molar-refractivity contribution >= 4 is 17.7 Å². The van der Waals surface area contributed by atoms with E-state index in [0.717, 1.165) is 29.7 Å². The van der Waals surface area contributed by atoms with Crippen LogP contribution in [-0.2, 0) is 13.6 Å². The molecule has 1 aromatic heterocycles. The van der Waals surface area contributed by atoms with Gasteiger partial charge in [0.25, 0.3) is 0 Å². The van der Waals surface area contributed by atoms with Gasteiger partial charge in [0.15, 0.2) is 5.96 Å². The molecule has 136 valence electrons. The number of rotatable bonds is 8. The van der Waals surface area contributed by atoms with Gasteiger partial charge < -0.3 is 15.4 Å². The van der Waals surface area contributed by atoms with Crippen molar-refractivity contribution in [3.05, 3.63) is 42.2 Å². The van der Waals surface area contributed by atoms with Crippen molar-refractivity contribution in [1.29, 1.82) is 0 Å². The SMILES string of the molecule is CN=C(NCc1ccnn1C)NCC(C)CSc1ccccc1OC. The minimum absolute atomic E-state index is 0.491. The van der Waals surface area contributed by atoms with Crippen LogP contribution in [0.15, 0.2) is 46.4 Å². The molecule has 2 aromatic rings. The topological polar surface area (TPSA) is 63.5 Å². The number of para-hydroxylation sites is 1. The summed E-state index contributed by atoms with van der Waals surface area (Å²) < 4.78 is 7.25. The molecule has 2 rings (SSSR count). The zero-order valence-corrected chi connectivity index (χ0v) is 16.1. The van der Waals surface area contributed by atoms with Crippen LogP contribution in [-0.4, -0.2) is 42.2 Å². The highest BCUT2D eigenvalue weighted by molar-refractivity contribution is 7.99. The van der Waals surface area contributed by atoms with Crippen LogP contribution >= 0.6 is 11.8 Å². The number of ether oxygens (including phenoxy) is 1. The lowest BCUT2D eigenvalue weighted by molar-refractivity contribution is 0.405. The van der Waals surface area contributed by atoms with Crippen molar-refractivity contribution in [2.45, 2.75) is 18.4 Å². The van der Waals surface area contributed by atoms with E-state index >= 15 is 0 Å². The highest BCUT2D eigenvalue weighted by Gasteiger charge is 2.08. The molecule has 2 N–H and O–H groups in total. The van der Waals surface area contributed by atoms with E-state index in [0.29, 0.717) is 12.5 Å². The first-order chi connectivity index (χ1) is 12.1. The van der Waals surface area contributed by atoms with Gasteiger partial charge in [-0.05, 0) is 24.1 Å². The third-order valence-electron chi connectivity index (χ3n) is 3.79. The number of nitrogens with zero attached hydrogens (tertiary/aromatic N) is 3. The van der Waals surface area contributed by atoms with Crippen LogP contribution in [0.1, 0.15) is 12.6 Å². The largest absolute Gasteiger partial charge is 0.496 e. The number of aryl methyl sites for hydroxylation is 1. The first-order valence-corrected chi connectivity index (χ1v) is 9.29. The third-order valence-corrected chi connectivity index (χ3v) is 5.18.